The SMILES string of the molecule is C=CCC(C=C)CC=CCCC. The van der Waals surface area contributed by atoms with E-state index in [1.165, 1.54) is 12.8 Å². The first kappa shape index (κ1) is 11.2. The van der Waals surface area contributed by atoms with Crippen molar-refractivity contribution in [1.29, 1.82) is 0 Å². The van der Waals surface area contributed by atoms with Crippen molar-refractivity contribution >= 4 is 0 Å². The Labute approximate surface area is 76.7 Å². The molecule has 0 amide bonds. The summed E-state index contributed by atoms with van der Waals surface area (Å²) in [4.78, 5) is 0. The lowest BCUT2D eigenvalue weighted by atomic mass is 10.0. The summed E-state index contributed by atoms with van der Waals surface area (Å²) in [5, 5.41) is 0. The van der Waals surface area contributed by atoms with Crippen molar-refractivity contribution in [2.75, 3.05) is 0 Å². The van der Waals surface area contributed by atoms with Crippen LogP contribution in [0.2, 0.25) is 0 Å². The van der Waals surface area contributed by atoms with E-state index in [1.54, 1.807) is 0 Å². The van der Waals surface area contributed by atoms with Crippen LogP contribution in [0.4, 0.5) is 0 Å². The molecule has 0 bridgehead atoms. The maximum Gasteiger partial charge on any atom is -0.0167 e. The number of hydrogen-bond acceptors (Lipinski definition) is 0. The van der Waals surface area contributed by atoms with Gasteiger partial charge in [0.1, 0.15) is 0 Å². The molecule has 0 aromatic heterocycles. The molecule has 0 N–H and O–H groups in total. The van der Waals surface area contributed by atoms with Crippen molar-refractivity contribution in [1.82, 2.24) is 0 Å². The van der Waals surface area contributed by atoms with E-state index < -0.39 is 0 Å². The highest BCUT2D eigenvalue weighted by atomic mass is 14.0. The summed E-state index contributed by atoms with van der Waals surface area (Å²) in [6.45, 7) is 9.71. The fourth-order valence-electron chi connectivity index (χ4n) is 1.06. The molecule has 0 fully saturated rings. The van der Waals surface area contributed by atoms with Gasteiger partial charge < -0.3 is 0 Å². The van der Waals surface area contributed by atoms with E-state index >= 15 is 0 Å². The Kier molecular flexibility index (Phi) is 7.78. The van der Waals surface area contributed by atoms with Crippen molar-refractivity contribution in [3.05, 3.63) is 37.5 Å². The van der Waals surface area contributed by atoms with E-state index in [4.69, 9.17) is 0 Å². The summed E-state index contributed by atoms with van der Waals surface area (Å²) >= 11 is 0. The topological polar surface area (TPSA) is 0 Å². The molecule has 0 saturated heterocycles. The second-order valence-electron chi connectivity index (χ2n) is 3.02. The van der Waals surface area contributed by atoms with Crippen LogP contribution >= 0.6 is 0 Å². The molecule has 0 saturated carbocycles. The molecule has 0 heteroatoms. The average Bonchev–Trinajstić information content (AvgIpc) is 2.10. The zero-order valence-corrected chi connectivity index (χ0v) is 8.13. The third-order valence-electron chi connectivity index (χ3n) is 1.86. The first-order chi connectivity index (χ1) is 5.85. The summed E-state index contributed by atoms with van der Waals surface area (Å²) in [5.41, 5.74) is 0. The van der Waals surface area contributed by atoms with E-state index in [-0.39, 0.29) is 0 Å². The molecule has 0 aliphatic heterocycles. The van der Waals surface area contributed by atoms with Crippen LogP contribution in [-0.4, -0.2) is 0 Å². The van der Waals surface area contributed by atoms with Crippen LogP contribution in [0.3, 0.4) is 0 Å². The largest absolute Gasteiger partial charge is 0.103 e. The van der Waals surface area contributed by atoms with Crippen LogP contribution < -0.4 is 0 Å². The van der Waals surface area contributed by atoms with Crippen LogP contribution in [0.1, 0.15) is 32.6 Å². The van der Waals surface area contributed by atoms with Crippen molar-refractivity contribution < 1.29 is 0 Å². The maximum absolute atomic E-state index is 3.80. The zero-order valence-electron chi connectivity index (χ0n) is 8.13. The molecular formula is C12H20. The smallest absolute Gasteiger partial charge is 0.0167 e. The number of unbranched alkanes of at least 4 members (excludes halogenated alkanes) is 1. The standard InChI is InChI=1S/C12H20/c1-4-7-8-9-11-12(6-3)10-5-2/h5-6,8-9,12H,2-4,7,10-11H2,1H3. The van der Waals surface area contributed by atoms with Gasteiger partial charge in [-0.25, -0.2) is 0 Å². The van der Waals surface area contributed by atoms with Gasteiger partial charge in [0.2, 0.25) is 0 Å². The minimum absolute atomic E-state index is 0.579. The van der Waals surface area contributed by atoms with Gasteiger partial charge in [-0.05, 0) is 25.2 Å². The van der Waals surface area contributed by atoms with Gasteiger partial charge in [0.05, 0.1) is 0 Å². The Morgan fingerprint density at radius 1 is 1.17 bits per heavy atom. The van der Waals surface area contributed by atoms with Gasteiger partial charge in [-0.3, -0.25) is 0 Å². The molecule has 0 rings (SSSR count). The van der Waals surface area contributed by atoms with Crippen LogP contribution in [0.5, 0.6) is 0 Å². The molecule has 0 aliphatic rings. The predicted molar refractivity (Wildman–Crippen MR) is 57.2 cm³/mol. The summed E-state index contributed by atoms with van der Waals surface area (Å²) in [6.07, 6.45) is 13.0. The Bertz CT molecular complexity index is 142. The lowest BCUT2D eigenvalue weighted by Crippen LogP contribution is -1.90. The highest BCUT2D eigenvalue weighted by molar-refractivity contribution is 4.92. The van der Waals surface area contributed by atoms with Gasteiger partial charge >= 0.3 is 0 Å². The Morgan fingerprint density at radius 3 is 2.42 bits per heavy atom. The highest BCUT2D eigenvalue weighted by Gasteiger charge is 1.96. The second kappa shape index (κ2) is 8.32. The third kappa shape index (κ3) is 5.96. The summed E-state index contributed by atoms with van der Waals surface area (Å²) < 4.78 is 0. The molecule has 68 valence electrons. The van der Waals surface area contributed by atoms with Crippen LogP contribution in [0, 0.1) is 5.92 Å². The van der Waals surface area contributed by atoms with E-state index in [2.05, 4.69) is 32.2 Å². The molecule has 0 aromatic carbocycles. The zero-order chi connectivity index (χ0) is 9.23. The van der Waals surface area contributed by atoms with Crippen molar-refractivity contribution in [2.45, 2.75) is 32.6 Å². The van der Waals surface area contributed by atoms with Gasteiger partial charge in [0.15, 0.2) is 0 Å². The minimum atomic E-state index is 0.579. The van der Waals surface area contributed by atoms with Crippen molar-refractivity contribution in [3.63, 3.8) is 0 Å². The molecule has 0 spiro atoms. The Hall–Kier alpha value is -0.780. The fourth-order valence-corrected chi connectivity index (χ4v) is 1.06. The van der Waals surface area contributed by atoms with Crippen molar-refractivity contribution in [3.8, 4) is 0 Å². The molecule has 0 aromatic rings. The molecule has 12 heavy (non-hydrogen) atoms. The first-order valence-corrected chi connectivity index (χ1v) is 4.73. The molecule has 0 nitrogen and oxygen atoms in total. The second-order valence-corrected chi connectivity index (χ2v) is 3.02. The van der Waals surface area contributed by atoms with Crippen LogP contribution in [-0.2, 0) is 0 Å². The minimum Gasteiger partial charge on any atom is -0.103 e. The third-order valence-corrected chi connectivity index (χ3v) is 1.86. The Balaban J connectivity index is 3.56. The maximum atomic E-state index is 3.80. The lowest BCUT2D eigenvalue weighted by molar-refractivity contribution is 0.676. The lowest BCUT2D eigenvalue weighted by Gasteiger charge is -2.04. The van der Waals surface area contributed by atoms with Gasteiger partial charge in [-0.15, -0.1) is 13.2 Å². The predicted octanol–water partition coefficient (Wildman–Crippen LogP) is 4.11. The van der Waals surface area contributed by atoms with E-state index in [0.29, 0.717) is 5.92 Å². The monoisotopic (exact) mass is 164 g/mol. The summed E-state index contributed by atoms with van der Waals surface area (Å²) in [6, 6.07) is 0. The molecule has 1 atom stereocenters. The van der Waals surface area contributed by atoms with Gasteiger partial charge in [0, 0.05) is 0 Å². The Morgan fingerprint density at radius 2 is 1.92 bits per heavy atom. The highest BCUT2D eigenvalue weighted by Crippen LogP contribution is 2.11. The molecule has 0 aliphatic carbocycles. The average molecular weight is 164 g/mol. The number of allylic oxidation sites excluding steroid dienone is 4. The van der Waals surface area contributed by atoms with Crippen molar-refractivity contribution in [2.24, 2.45) is 5.92 Å². The van der Waals surface area contributed by atoms with Gasteiger partial charge in [-0.2, -0.15) is 0 Å². The molecule has 0 radical (unpaired) electrons. The van der Waals surface area contributed by atoms with E-state index in [0.717, 1.165) is 12.8 Å². The number of hydrogen-bond donors (Lipinski definition) is 0. The normalized spacial score (nSPS) is 13.1. The fraction of sp³-hybridized carbons (Fsp3) is 0.500. The molecule has 1 unspecified atom stereocenters. The van der Waals surface area contributed by atoms with Gasteiger partial charge in [0.25, 0.3) is 0 Å². The quantitative estimate of drug-likeness (QED) is 0.497. The first-order valence-electron chi connectivity index (χ1n) is 4.73. The summed E-state index contributed by atoms with van der Waals surface area (Å²) in [7, 11) is 0. The molecular weight excluding hydrogens is 144 g/mol. The number of rotatable bonds is 7. The van der Waals surface area contributed by atoms with Crippen LogP contribution in [0.25, 0.3) is 0 Å². The van der Waals surface area contributed by atoms with E-state index in [9.17, 15) is 0 Å². The van der Waals surface area contributed by atoms with E-state index in [1.807, 2.05) is 12.2 Å². The van der Waals surface area contributed by atoms with Crippen LogP contribution in [0.15, 0.2) is 37.5 Å². The summed E-state index contributed by atoms with van der Waals surface area (Å²) in [5.74, 6) is 0.579. The molecule has 0 heterocycles. The van der Waals surface area contributed by atoms with Gasteiger partial charge in [-0.1, -0.05) is 37.6 Å².